The third-order valence-corrected chi connectivity index (χ3v) is 1.93. The van der Waals surface area contributed by atoms with E-state index < -0.39 is 0 Å². The average molecular weight is 230 g/mol. The molecule has 0 aromatic rings. The molecule has 4 nitrogen and oxygen atoms in total. The van der Waals surface area contributed by atoms with Gasteiger partial charge < -0.3 is 15.4 Å². The van der Waals surface area contributed by atoms with Gasteiger partial charge in [-0.25, -0.2) is 0 Å². The van der Waals surface area contributed by atoms with Crippen molar-refractivity contribution in [1.29, 1.82) is 0 Å². The van der Waals surface area contributed by atoms with Gasteiger partial charge in [-0.2, -0.15) is 0 Å². The molecule has 0 spiro atoms. The second-order valence-corrected chi connectivity index (χ2v) is 5.06. The topological polar surface area (TPSA) is 50.4 Å². The van der Waals surface area contributed by atoms with Gasteiger partial charge in [-0.05, 0) is 34.6 Å². The molecule has 1 amide bonds. The highest BCUT2D eigenvalue weighted by atomic mass is 16.5. The first-order chi connectivity index (χ1) is 7.35. The van der Waals surface area contributed by atoms with Crippen molar-refractivity contribution >= 4 is 5.91 Å². The first kappa shape index (κ1) is 15.4. The van der Waals surface area contributed by atoms with Crippen LogP contribution in [0, 0.1) is 0 Å². The molecule has 0 aromatic heterocycles. The van der Waals surface area contributed by atoms with Crippen LogP contribution in [-0.4, -0.2) is 37.2 Å². The predicted octanol–water partition coefficient (Wildman–Crippen LogP) is 1.31. The van der Waals surface area contributed by atoms with Crippen LogP contribution in [0.15, 0.2) is 0 Å². The van der Waals surface area contributed by atoms with Crippen LogP contribution in [0.3, 0.4) is 0 Å². The summed E-state index contributed by atoms with van der Waals surface area (Å²) in [6, 6.07) is 0.294. The Labute approximate surface area is 99.1 Å². The molecule has 0 aliphatic heterocycles. The highest BCUT2D eigenvalue weighted by molar-refractivity contribution is 5.76. The Morgan fingerprint density at radius 2 is 2.00 bits per heavy atom. The van der Waals surface area contributed by atoms with Gasteiger partial charge in [0.2, 0.25) is 5.91 Å². The molecule has 0 radical (unpaired) electrons. The van der Waals surface area contributed by atoms with E-state index >= 15 is 0 Å². The van der Waals surface area contributed by atoms with Crippen LogP contribution < -0.4 is 10.6 Å². The number of carbonyl (C=O) groups excluding carboxylic acids is 1. The summed E-state index contributed by atoms with van der Waals surface area (Å²) in [7, 11) is 0. The molecule has 16 heavy (non-hydrogen) atoms. The lowest BCUT2D eigenvalue weighted by Gasteiger charge is -2.21. The fourth-order valence-corrected chi connectivity index (χ4v) is 1.27. The van der Waals surface area contributed by atoms with Crippen LogP contribution in [0.4, 0.5) is 0 Å². The Morgan fingerprint density at radius 3 is 2.50 bits per heavy atom. The summed E-state index contributed by atoms with van der Waals surface area (Å²) >= 11 is 0. The summed E-state index contributed by atoms with van der Waals surface area (Å²) < 4.78 is 5.27. The fraction of sp³-hybridized carbons (Fsp3) is 0.917. The molecule has 0 aromatic carbocycles. The maximum atomic E-state index is 11.5. The molecule has 96 valence electrons. The highest BCUT2D eigenvalue weighted by Gasteiger charge is 2.13. The SMILES string of the molecule is CCOCC(C)NCCC(=O)NC(C)(C)C. The van der Waals surface area contributed by atoms with Gasteiger partial charge >= 0.3 is 0 Å². The molecule has 1 atom stereocenters. The second kappa shape index (κ2) is 7.63. The van der Waals surface area contributed by atoms with Crippen LogP contribution in [0.5, 0.6) is 0 Å². The number of rotatable bonds is 7. The summed E-state index contributed by atoms with van der Waals surface area (Å²) in [6.45, 7) is 12.1. The van der Waals surface area contributed by atoms with Crippen LogP contribution in [0.2, 0.25) is 0 Å². The summed E-state index contributed by atoms with van der Waals surface area (Å²) in [4.78, 5) is 11.5. The fourth-order valence-electron chi connectivity index (χ4n) is 1.27. The van der Waals surface area contributed by atoms with Gasteiger partial charge in [-0.1, -0.05) is 0 Å². The molecule has 0 rings (SSSR count). The van der Waals surface area contributed by atoms with Gasteiger partial charge in [0.25, 0.3) is 0 Å². The van der Waals surface area contributed by atoms with E-state index in [9.17, 15) is 4.79 Å². The largest absolute Gasteiger partial charge is 0.380 e. The van der Waals surface area contributed by atoms with Crippen molar-refractivity contribution in [2.75, 3.05) is 19.8 Å². The molecule has 0 aliphatic rings. The molecule has 0 aliphatic carbocycles. The van der Waals surface area contributed by atoms with E-state index in [2.05, 4.69) is 17.6 Å². The summed E-state index contributed by atoms with van der Waals surface area (Å²) in [5, 5.41) is 6.17. The van der Waals surface area contributed by atoms with Crippen molar-refractivity contribution in [2.45, 2.75) is 52.6 Å². The van der Waals surface area contributed by atoms with Gasteiger partial charge in [0, 0.05) is 31.2 Å². The van der Waals surface area contributed by atoms with Gasteiger partial charge in [-0.15, -0.1) is 0 Å². The van der Waals surface area contributed by atoms with Crippen LogP contribution in [0.1, 0.15) is 41.0 Å². The summed E-state index contributed by atoms with van der Waals surface area (Å²) in [6.07, 6.45) is 0.508. The van der Waals surface area contributed by atoms with Gasteiger partial charge in [0.1, 0.15) is 0 Å². The average Bonchev–Trinajstić information content (AvgIpc) is 2.11. The minimum atomic E-state index is -0.145. The van der Waals surface area contributed by atoms with E-state index in [1.54, 1.807) is 0 Å². The zero-order valence-electron chi connectivity index (χ0n) is 11.2. The lowest BCUT2D eigenvalue weighted by atomic mass is 10.1. The molecular formula is C12H26N2O2. The Hall–Kier alpha value is -0.610. The highest BCUT2D eigenvalue weighted by Crippen LogP contribution is 1.98. The molecule has 0 fully saturated rings. The summed E-state index contributed by atoms with van der Waals surface area (Å²) in [5.74, 6) is 0.0867. The van der Waals surface area contributed by atoms with E-state index in [4.69, 9.17) is 4.74 Å². The third kappa shape index (κ3) is 9.93. The van der Waals surface area contributed by atoms with E-state index in [0.717, 1.165) is 6.61 Å². The predicted molar refractivity (Wildman–Crippen MR) is 66.5 cm³/mol. The Kier molecular flexibility index (Phi) is 7.34. The molecule has 1 unspecified atom stereocenters. The van der Waals surface area contributed by atoms with Gasteiger partial charge in [-0.3, -0.25) is 4.79 Å². The first-order valence-corrected chi connectivity index (χ1v) is 5.97. The number of hydrogen-bond donors (Lipinski definition) is 2. The maximum Gasteiger partial charge on any atom is 0.221 e. The zero-order valence-corrected chi connectivity index (χ0v) is 11.2. The van der Waals surface area contributed by atoms with Crippen molar-refractivity contribution in [2.24, 2.45) is 0 Å². The van der Waals surface area contributed by atoms with Crippen molar-refractivity contribution in [3.63, 3.8) is 0 Å². The van der Waals surface area contributed by atoms with Crippen molar-refractivity contribution in [3.05, 3.63) is 0 Å². The molecular weight excluding hydrogens is 204 g/mol. The van der Waals surface area contributed by atoms with Crippen molar-refractivity contribution in [3.8, 4) is 0 Å². The molecule has 0 bridgehead atoms. The van der Waals surface area contributed by atoms with E-state index in [1.165, 1.54) is 0 Å². The van der Waals surface area contributed by atoms with Gasteiger partial charge in [0.05, 0.1) is 6.61 Å². The van der Waals surface area contributed by atoms with Crippen LogP contribution >= 0.6 is 0 Å². The van der Waals surface area contributed by atoms with Crippen molar-refractivity contribution < 1.29 is 9.53 Å². The molecule has 0 heterocycles. The Morgan fingerprint density at radius 1 is 1.38 bits per heavy atom. The second-order valence-electron chi connectivity index (χ2n) is 5.06. The zero-order chi connectivity index (χ0) is 12.6. The van der Waals surface area contributed by atoms with Crippen molar-refractivity contribution in [1.82, 2.24) is 10.6 Å². The quantitative estimate of drug-likeness (QED) is 0.693. The van der Waals surface area contributed by atoms with Crippen LogP contribution in [0.25, 0.3) is 0 Å². The van der Waals surface area contributed by atoms with E-state index in [1.807, 2.05) is 27.7 Å². The lowest BCUT2D eigenvalue weighted by Crippen LogP contribution is -2.42. The number of ether oxygens (including phenoxy) is 1. The Balaban J connectivity index is 3.54. The number of nitrogens with one attached hydrogen (secondary N) is 2. The minimum Gasteiger partial charge on any atom is -0.380 e. The monoisotopic (exact) mass is 230 g/mol. The van der Waals surface area contributed by atoms with E-state index in [-0.39, 0.29) is 11.4 Å². The standard InChI is InChI=1S/C12H26N2O2/c1-6-16-9-10(2)13-8-7-11(15)14-12(3,4)5/h10,13H,6-9H2,1-5H3,(H,14,15). The molecule has 4 heteroatoms. The van der Waals surface area contributed by atoms with E-state index in [0.29, 0.717) is 25.6 Å². The third-order valence-electron chi connectivity index (χ3n) is 1.93. The normalized spacial score (nSPS) is 13.6. The maximum absolute atomic E-state index is 11.5. The minimum absolute atomic E-state index is 0.0867. The number of carbonyl (C=O) groups is 1. The number of hydrogen-bond acceptors (Lipinski definition) is 3. The lowest BCUT2D eigenvalue weighted by molar-refractivity contribution is -0.122. The van der Waals surface area contributed by atoms with Crippen LogP contribution in [-0.2, 0) is 9.53 Å². The Bertz CT molecular complexity index is 200. The first-order valence-electron chi connectivity index (χ1n) is 5.97. The summed E-state index contributed by atoms with van der Waals surface area (Å²) in [5.41, 5.74) is -0.145. The molecule has 2 N–H and O–H groups in total. The smallest absolute Gasteiger partial charge is 0.221 e. The molecule has 0 saturated carbocycles. The molecule has 0 saturated heterocycles. The number of amides is 1. The van der Waals surface area contributed by atoms with Gasteiger partial charge in [0.15, 0.2) is 0 Å².